The highest BCUT2D eigenvalue weighted by molar-refractivity contribution is 5.76. The van der Waals surface area contributed by atoms with E-state index in [1.807, 2.05) is 4.90 Å². The Morgan fingerprint density at radius 2 is 2.17 bits per heavy atom. The van der Waals surface area contributed by atoms with Gasteiger partial charge in [0.2, 0.25) is 0 Å². The molecule has 1 heterocycles. The number of hydrogen-bond acceptors (Lipinski definition) is 3. The summed E-state index contributed by atoms with van der Waals surface area (Å²) in [6.45, 7) is 1.52. The van der Waals surface area contributed by atoms with E-state index in [4.69, 9.17) is 0 Å². The van der Waals surface area contributed by atoms with Gasteiger partial charge in [0, 0.05) is 24.6 Å². The first-order valence-electron chi connectivity index (χ1n) is 6.37. The molecule has 3 nitrogen and oxygen atoms in total. The zero-order valence-electron chi connectivity index (χ0n) is 10.1. The highest BCUT2D eigenvalue weighted by atomic mass is 19.1. The number of aldehydes is 1. The molecule has 0 bridgehead atoms. The van der Waals surface area contributed by atoms with Gasteiger partial charge in [-0.05, 0) is 37.0 Å². The Balaban J connectivity index is 1.82. The van der Waals surface area contributed by atoms with Crippen LogP contribution in [0.15, 0.2) is 18.2 Å². The van der Waals surface area contributed by atoms with Crippen LogP contribution in [0.25, 0.3) is 0 Å². The lowest BCUT2D eigenvalue weighted by atomic mass is 10.00. The maximum atomic E-state index is 13.9. The fourth-order valence-electron chi connectivity index (χ4n) is 3.29. The van der Waals surface area contributed by atoms with Gasteiger partial charge < -0.3 is 10.0 Å². The molecule has 1 aliphatic heterocycles. The number of rotatable bonds is 2. The molecule has 3 rings (SSSR count). The van der Waals surface area contributed by atoms with Crippen LogP contribution < -0.4 is 4.90 Å². The molecule has 3 unspecified atom stereocenters. The van der Waals surface area contributed by atoms with Crippen molar-refractivity contribution < 1.29 is 14.3 Å². The first-order chi connectivity index (χ1) is 8.69. The quantitative estimate of drug-likeness (QED) is 0.813. The first-order valence-corrected chi connectivity index (χ1v) is 6.37. The number of hydrogen-bond donors (Lipinski definition) is 1. The van der Waals surface area contributed by atoms with Crippen LogP contribution in [0.1, 0.15) is 23.2 Å². The average Bonchev–Trinajstić information content (AvgIpc) is 2.92. The number of fused-ring (bicyclic) bond motifs is 1. The predicted molar refractivity (Wildman–Crippen MR) is 66.2 cm³/mol. The molecular formula is C14H16FNO2. The molecule has 1 saturated heterocycles. The van der Waals surface area contributed by atoms with Crippen molar-refractivity contribution in [3.63, 3.8) is 0 Å². The van der Waals surface area contributed by atoms with Crippen LogP contribution in [-0.2, 0) is 0 Å². The molecule has 0 aromatic heterocycles. The Kier molecular flexibility index (Phi) is 2.82. The van der Waals surface area contributed by atoms with Crippen LogP contribution in [0.5, 0.6) is 0 Å². The fourth-order valence-corrected chi connectivity index (χ4v) is 3.29. The minimum Gasteiger partial charge on any atom is -0.393 e. The van der Waals surface area contributed by atoms with Gasteiger partial charge in [0.1, 0.15) is 12.1 Å². The topological polar surface area (TPSA) is 40.5 Å². The van der Waals surface area contributed by atoms with Crippen molar-refractivity contribution in [2.75, 3.05) is 18.0 Å². The molecule has 4 heteroatoms. The van der Waals surface area contributed by atoms with E-state index in [2.05, 4.69) is 0 Å². The zero-order valence-corrected chi connectivity index (χ0v) is 10.1. The standard InChI is InChI=1S/C14H16FNO2/c15-12-5-9(8-17)1-3-13(12)16-6-10-2-4-14(18)11(10)7-16/h1,3,5,8,10-11,14,18H,2,4,6-7H2. The Bertz CT molecular complexity index is 477. The lowest BCUT2D eigenvalue weighted by Crippen LogP contribution is -2.25. The number of carbonyl (C=O) groups excluding carboxylic acids is 1. The summed E-state index contributed by atoms with van der Waals surface area (Å²) in [4.78, 5) is 12.6. The summed E-state index contributed by atoms with van der Waals surface area (Å²) >= 11 is 0. The van der Waals surface area contributed by atoms with Crippen LogP contribution in [0.2, 0.25) is 0 Å². The number of aliphatic hydroxyl groups excluding tert-OH is 1. The van der Waals surface area contributed by atoms with Crippen molar-refractivity contribution in [3.05, 3.63) is 29.6 Å². The molecule has 1 aliphatic carbocycles. The summed E-state index contributed by atoms with van der Waals surface area (Å²) in [5.74, 6) is 0.398. The third kappa shape index (κ3) is 1.81. The average molecular weight is 249 g/mol. The molecule has 96 valence electrons. The summed E-state index contributed by atoms with van der Waals surface area (Å²) in [5, 5.41) is 9.85. The van der Waals surface area contributed by atoms with E-state index >= 15 is 0 Å². The number of carbonyl (C=O) groups is 1. The largest absolute Gasteiger partial charge is 0.393 e. The third-order valence-electron chi connectivity index (χ3n) is 4.27. The minimum atomic E-state index is -0.353. The molecule has 2 fully saturated rings. The van der Waals surface area contributed by atoms with Gasteiger partial charge in [0.25, 0.3) is 0 Å². The molecule has 1 aromatic carbocycles. The second-order valence-electron chi connectivity index (χ2n) is 5.30. The van der Waals surface area contributed by atoms with Gasteiger partial charge in [0.15, 0.2) is 0 Å². The maximum Gasteiger partial charge on any atom is 0.150 e. The first kappa shape index (κ1) is 11.7. The fraction of sp³-hybridized carbons (Fsp3) is 0.500. The second kappa shape index (κ2) is 4.35. The smallest absolute Gasteiger partial charge is 0.150 e. The number of benzene rings is 1. The Morgan fingerprint density at radius 3 is 2.83 bits per heavy atom. The van der Waals surface area contributed by atoms with Crippen LogP contribution >= 0.6 is 0 Å². The molecule has 0 amide bonds. The van der Waals surface area contributed by atoms with Gasteiger partial charge in [-0.1, -0.05) is 0 Å². The van der Waals surface area contributed by atoms with Crippen molar-refractivity contribution in [2.24, 2.45) is 11.8 Å². The molecule has 1 N–H and O–H groups in total. The summed E-state index contributed by atoms with van der Waals surface area (Å²) in [6, 6.07) is 4.56. The summed E-state index contributed by atoms with van der Waals surface area (Å²) in [7, 11) is 0. The predicted octanol–water partition coefficient (Wildman–Crippen LogP) is 1.85. The Labute approximate surface area is 105 Å². The van der Waals surface area contributed by atoms with Gasteiger partial charge in [-0.25, -0.2) is 4.39 Å². The Hall–Kier alpha value is -1.42. The molecule has 18 heavy (non-hydrogen) atoms. The van der Waals surface area contributed by atoms with Gasteiger partial charge in [-0.3, -0.25) is 4.79 Å². The van der Waals surface area contributed by atoms with Crippen LogP contribution in [0.4, 0.5) is 10.1 Å². The van der Waals surface area contributed by atoms with Crippen molar-refractivity contribution in [1.82, 2.24) is 0 Å². The minimum absolute atomic E-state index is 0.239. The van der Waals surface area contributed by atoms with E-state index in [0.29, 0.717) is 30.0 Å². The number of halogens is 1. The van der Waals surface area contributed by atoms with E-state index in [0.717, 1.165) is 19.4 Å². The Morgan fingerprint density at radius 1 is 1.33 bits per heavy atom. The summed E-state index contributed by atoms with van der Waals surface area (Å²) in [6.07, 6.45) is 2.30. The third-order valence-corrected chi connectivity index (χ3v) is 4.27. The lowest BCUT2D eigenvalue weighted by Gasteiger charge is -2.21. The maximum absolute atomic E-state index is 13.9. The normalized spacial score (nSPS) is 30.6. The zero-order chi connectivity index (χ0) is 12.7. The summed E-state index contributed by atoms with van der Waals surface area (Å²) in [5.41, 5.74) is 0.901. The van der Waals surface area contributed by atoms with Crippen LogP contribution in [-0.4, -0.2) is 30.6 Å². The van der Waals surface area contributed by atoms with Gasteiger partial charge >= 0.3 is 0 Å². The van der Waals surface area contributed by atoms with Crippen LogP contribution in [0, 0.1) is 17.7 Å². The van der Waals surface area contributed by atoms with Crippen molar-refractivity contribution in [3.8, 4) is 0 Å². The van der Waals surface area contributed by atoms with Crippen molar-refractivity contribution in [1.29, 1.82) is 0 Å². The second-order valence-corrected chi connectivity index (χ2v) is 5.30. The van der Waals surface area contributed by atoms with Crippen LogP contribution in [0.3, 0.4) is 0 Å². The highest BCUT2D eigenvalue weighted by Crippen LogP contribution is 2.40. The molecule has 1 aromatic rings. The van der Waals surface area contributed by atoms with Gasteiger partial charge in [0.05, 0.1) is 11.8 Å². The number of anilines is 1. The van der Waals surface area contributed by atoms with E-state index in [9.17, 15) is 14.3 Å². The highest BCUT2D eigenvalue weighted by Gasteiger charge is 2.42. The number of aliphatic hydroxyl groups is 1. The molecule has 0 radical (unpaired) electrons. The molecule has 0 spiro atoms. The molecule has 1 saturated carbocycles. The van der Waals surface area contributed by atoms with E-state index in [-0.39, 0.29) is 17.8 Å². The van der Waals surface area contributed by atoms with Gasteiger partial charge in [-0.2, -0.15) is 0 Å². The lowest BCUT2D eigenvalue weighted by molar-refractivity contribution is 0.112. The molecule has 3 atom stereocenters. The van der Waals surface area contributed by atoms with E-state index in [1.54, 1.807) is 12.1 Å². The van der Waals surface area contributed by atoms with E-state index in [1.165, 1.54) is 6.07 Å². The van der Waals surface area contributed by atoms with Crippen molar-refractivity contribution >= 4 is 12.0 Å². The van der Waals surface area contributed by atoms with Gasteiger partial charge in [-0.15, -0.1) is 0 Å². The molecular weight excluding hydrogens is 233 g/mol. The molecule has 2 aliphatic rings. The van der Waals surface area contributed by atoms with E-state index < -0.39 is 0 Å². The monoisotopic (exact) mass is 249 g/mol. The van der Waals surface area contributed by atoms with Crippen molar-refractivity contribution in [2.45, 2.75) is 18.9 Å². The summed E-state index contributed by atoms with van der Waals surface area (Å²) < 4.78 is 13.9. The SMILES string of the molecule is O=Cc1ccc(N2CC3CCC(O)C3C2)c(F)c1. The number of nitrogens with zero attached hydrogens (tertiary/aromatic N) is 1.